The lowest BCUT2D eigenvalue weighted by molar-refractivity contribution is -0.126. The number of aromatic nitrogens is 2. The predicted octanol–water partition coefficient (Wildman–Crippen LogP) is 1.53. The third kappa shape index (κ3) is 2.16. The molecule has 1 heterocycles. The molecule has 0 saturated heterocycles. The van der Waals surface area contributed by atoms with Gasteiger partial charge >= 0.3 is 0 Å². The van der Waals surface area contributed by atoms with Crippen molar-refractivity contribution in [2.75, 3.05) is 0 Å². The van der Waals surface area contributed by atoms with Gasteiger partial charge in [-0.3, -0.25) is 14.8 Å². The Bertz CT molecular complexity index is 406. The maximum Gasteiger partial charge on any atom is 0.223 e. The molecule has 0 aliphatic heterocycles. The lowest BCUT2D eigenvalue weighted by Crippen LogP contribution is -2.33. The Labute approximate surface area is 101 Å². The van der Waals surface area contributed by atoms with Gasteiger partial charge in [0.2, 0.25) is 5.91 Å². The minimum atomic E-state index is 0.211. The number of rotatable bonds is 3. The van der Waals surface area contributed by atoms with Crippen molar-refractivity contribution >= 4 is 5.91 Å². The van der Waals surface area contributed by atoms with E-state index in [-0.39, 0.29) is 11.8 Å². The molecule has 1 aromatic rings. The molecule has 3 unspecified atom stereocenters. The zero-order valence-corrected chi connectivity index (χ0v) is 9.80. The van der Waals surface area contributed by atoms with E-state index >= 15 is 0 Å². The fourth-order valence-electron chi connectivity index (χ4n) is 3.30. The Morgan fingerprint density at radius 1 is 1.35 bits per heavy atom. The fourth-order valence-corrected chi connectivity index (χ4v) is 3.30. The van der Waals surface area contributed by atoms with E-state index in [9.17, 15) is 4.79 Å². The van der Waals surface area contributed by atoms with Crippen LogP contribution in [0.4, 0.5) is 0 Å². The summed E-state index contributed by atoms with van der Waals surface area (Å²) in [5.74, 6) is 1.92. The fraction of sp³-hybridized carbons (Fsp3) is 0.615. The molecule has 0 spiro atoms. The highest BCUT2D eigenvalue weighted by molar-refractivity contribution is 5.79. The Kier molecular flexibility index (Phi) is 2.79. The summed E-state index contributed by atoms with van der Waals surface area (Å²) in [4.78, 5) is 20.2. The smallest absolute Gasteiger partial charge is 0.223 e. The van der Waals surface area contributed by atoms with Gasteiger partial charge in [-0.15, -0.1) is 0 Å². The maximum atomic E-state index is 12.0. The highest BCUT2D eigenvalue weighted by Gasteiger charge is 2.42. The van der Waals surface area contributed by atoms with E-state index in [4.69, 9.17) is 0 Å². The average Bonchev–Trinajstić information content (AvgIpc) is 2.99. The molecule has 1 amide bonds. The SMILES string of the molecule is O=C(NCc1cnccn1)C1CC2CCC1C2. The first kappa shape index (κ1) is 10.7. The number of carbonyl (C=O) groups excluding carboxylic acids is 1. The van der Waals surface area contributed by atoms with E-state index in [1.165, 1.54) is 19.3 Å². The van der Waals surface area contributed by atoms with E-state index in [1.54, 1.807) is 18.6 Å². The van der Waals surface area contributed by atoms with E-state index in [2.05, 4.69) is 15.3 Å². The number of nitrogens with zero attached hydrogens (tertiary/aromatic N) is 2. The van der Waals surface area contributed by atoms with Gasteiger partial charge in [-0.2, -0.15) is 0 Å². The van der Waals surface area contributed by atoms with Gasteiger partial charge in [0.25, 0.3) is 0 Å². The molecule has 2 aliphatic rings. The third-order valence-corrected chi connectivity index (χ3v) is 4.14. The van der Waals surface area contributed by atoms with Gasteiger partial charge < -0.3 is 5.32 Å². The van der Waals surface area contributed by atoms with E-state index < -0.39 is 0 Å². The van der Waals surface area contributed by atoms with Crippen LogP contribution in [0.3, 0.4) is 0 Å². The van der Waals surface area contributed by atoms with Crippen LogP contribution in [0.25, 0.3) is 0 Å². The Morgan fingerprint density at radius 3 is 2.94 bits per heavy atom. The van der Waals surface area contributed by atoms with Crippen LogP contribution in [0.15, 0.2) is 18.6 Å². The lowest BCUT2D eigenvalue weighted by atomic mass is 9.88. The van der Waals surface area contributed by atoms with Crippen molar-refractivity contribution in [3.05, 3.63) is 24.3 Å². The lowest BCUT2D eigenvalue weighted by Gasteiger charge is -2.20. The standard InChI is InChI=1S/C13H17N3O/c17-13(12-6-9-1-2-10(12)5-9)16-8-11-7-14-3-4-15-11/h3-4,7,9-10,12H,1-2,5-6,8H2,(H,16,17). The number of hydrogen-bond acceptors (Lipinski definition) is 3. The van der Waals surface area contributed by atoms with Crippen molar-refractivity contribution in [3.63, 3.8) is 0 Å². The Hall–Kier alpha value is -1.45. The maximum absolute atomic E-state index is 12.0. The number of amides is 1. The number of carbonyl (C=O) groups is 1. The molecular weight excluding hydrogens is 214 g/mol. The van der Waals surface area contributed by atoms with Crippen molar-refractivity contribution in [3.8, 4) is 0 Å². The topological polar surface area (TPSA) is 54.9 Å². The third-order valence-electron chi connectivity index (χ3n) is 4.14. The van der Waals surface area contributed by atoms with Crippen molar-refractivity contribution in [1.82, 2.24) is 15.3 Å². The molecule has 4 nitrogen and oxygen atoms in total. The van der Waals surface area contributed by atoms with Crippen LogP contribution in [0.1, 0.15) is 31.4 Å². The van der Waals surface area contributed by atoms with Gasteiger partial charge in [-0.25, -0.2) is 0 Å². The minimum absolute atomic E-state index is 0.211. The van der Waals surface area contributed by atoms with Crippen LogP contribution in [-0.2, 0) is 11.3 Å². The van der Waals surface area contributed by atoms with Gasteiger partial charge in [-0.05, 0) is 31.1 Å². The molecule has 2 bridgehead atoms. The first-order chi connectivity index (χ1) is 8.33. The summed E-state index contributed by atoms with van der Waals surface area (Å²) < 4.78 is 0. The molecule has 4 heteroatoms. The van der Waals surface area contributed by atoms with E-state index in [1.807, 2.05) is 0 Å². The van der Waals surface area contributed by atoms with Crippen LogP contribution in [0, 0.1) is 17.8 Å². The molecule has 1 N–H and O–H groups in total. The molecule has 0 aromatic carbocycles. The Balaban J connectivity index is 1.54. The largest absolute Gasteiger partial charge is 0.350 e. The van der Waals surface area contributed by atoms with Crippen LogP contribution < -0.4 is 5.32 Å². The van der Waals surface area contributed by atoms with Crippen LogP contribution in [0.5, 0.6) is 0 Å². The van der Waals surface area contributed by atoms with Crippen LogP contribution >= 0.6 is 0 Å². The molecular formula is C13H17N3O. The van der Waals surface area contributed by atoms with Gasteiger partial charge in [0, 0.05) is 18.3 Å². The van der Waals surface area contributed by atoms with Crippen LogP contribution in [0.2, 0.25) is 0 Å². The van der Waals surface area contributed by atoms with Crippen molar-refractivity contribution in [1.29, 1.82) is 0 Å². The quantitative estimate of drug-likeness (QED) is 0.858. The number of hydrogen-bond donors (Lipinski definition) is 1. The second kappa shape index (κ2) is 4.43. The highest BCUT2D eigenvalue weighted by atomic mass is 16.1. The Morgan fingerprint density at radius 2 is 2.29 bits per heavy atom. The van der Waals surface area contributed by atoms with E-state index in [0.717, 1.165) is 18.0 Å². The molecule has 3 atom stereocenters. The molecule has 0 radical (unpaired) electrons. The van der Waals surface area contributed by atoms with E-state index in [0.29, 0.717) is 12.5 Å². The summed E-state index contributed by atoms with van der Waals surface area (Å²) in [6.07, 6.45) is 9.92. The first-order valence-electron chi connectivity index (χ1n) is 6.35. The molecule has 2 fully saturated rings. The zero-order valence-electron chi connectivity index (χ0n) is 9.80. The van der Waals surface area contributed by atoms with Crippen molar-refractivity contribution in [2.45, 2.75) is 32.2 Å². The van der Waals surface area contributed by atoms with Crippen molar-refractivity contribution in [2.24, 2.45) is 17.8 Å². The summed E-state index contributed by atoms with van der Waals surface area (Å²) in [5, 5.41) is 2.98. The molecule has 90 valence electrons. The van der Waals surface area contributed by atoms with Crippen LogP contribution in [-0.4, -0.2) is 15.9 Å². The average molecular weight is 231 g/mol. The summed E-state index contributed by atoms with van der Waals surface area (Å²) in [6, 6.07) is 0. The molecule has 1 aromatic heterocycles. The second-order valence-electron chi connectivity index (χ2n) is 5.20. The van der Waals surface area contributed by atoms with Gasteiger partial charge in [-0.1, -0.05) is 6.42 Å². The van der Waals surface area contributed by atoms with Gasteiger partial charge in [0.1, 0.15) is 0 Å². The predicted molar refractivity (Wildman–Crippen MR) is 62.8 cm³/mol. The normalized spacial score (nSPS) is 30.5. The minimum Gasteiger partial charge on any atom is -0.350 e. The highest BCUT2D eigenvalue weighted by Crippen LogP contribution is 2.48. The summed E-state index contributed by atoms with van der Waals surface area (Å²) in [5.41, 5.74) is 0.823. The van der Waals surface area contributed by atoms with Gasteiger partial charge in [0.05, 0.1) is 18.4 Å². The first-order valence-corrected chi connectivity index (χ1v) is 6.35. The molecule has 2 aliphatic carbocycles. The number of fused-ring (bicyclic) bond motifs is 2. The second-order valence-corrected chi connectivity index (χ2v) is 5.20. The number of nitrogens with one attached hydrogen (secondary N) is 1. The summed E-state index contributed by atoms with van der Waals surface area (Å²) in [6.45, 7) is 0.501. The van der Waals surface area contributed by atoms with Gasteiger partial charge in [0.15, 0.2) is 0 Å². The van der Waals surface area contributed by atoms with Crippen molar-refractivity contribution < 1.29 is 4.79 Å². The summed E-state index contributed by atoms with van der Waals surface area (Å²) >= 11 is 0. The monoisotopic (exact) mass is 231 g/mol. The molecule has 3 rings (SSSR count). The molecule has 17 heavy (non-hydrogen) atoms. The summed E-state index contributed by atoms with van der Waals surface area (Å²) in [7, 11) is 0. The molecule has 2 saturated carbocycles. The zero-order chi connectivity index (χ0) is 11.7.